The van der Waals surface area contributed by atoms with Gasteiger partial charge in [0.1, 0.15) is 5.15 Å². The lowest BCUT2D eigenvalue weighted by Gasteiger charge is -2.07. The number of hydrogen-bond acceptors (Lipinski definition) is 5. The van der Waals surface area contributed by atoms with Crippen LogP contribution >= 0.6 is 22.9 Å². The fourth-order valence-corrected chi connectivity index (χ4v) is 2.25. The third-order valence-electron chi connectivity index (χ3n) is 2.27. The molecule has 2 rings (SSSR count). The molecule has 90 valence electrons. The van der Waals surface area contributed by atoms with Crippen LogP contribution in [0.15, 0.2) is 17.6 Å². The fraction of sp³-hybridized carbons (Fsp3) is 0.273. The molecule has 0 fully saturated rings. The maximum Gasteiger partial charge on any atom is 0.238 e. The van der Waals surface area contributed by atoms with E-state index >= 15 is 0 Å². The minimum atomic E-state index is 0.378. The lowest BCUT2D eigenvalue weighted by atomic mass is 10.3. The van der Waals surface area contributed by atoms with E-state index < -0.39 is 0 Å². The molecule has 4 nitrogen and oxygen atoms in total. The van der Waals surface area contributed by atoms with Crippen LogP contribution in [0.4, 0.5) is 5.69 Å². The number of halogens is 1. The number of aryl methyl sites for hydroxylation is 1. The Morgan fingerprint density at radius 2 is 2.29 bits per heavy atom. The minimum absolute atomic E-state index is 0.378. The van der Waals surface area contributed by atoms with Crippen LogP contribution in [0.2, 0.25) is 5.15 Å². The van der Waals surface area contributed by atoms with Crippen molar-refractivity contribution in [2.45, 2.75) is 13.3 Å². The van der Waals surface area contributed by atoms with E-state index in [0.717, 1.165) is 12.1 Å². The van der Waals surface area contributed by atoms with Crippen LogP contribution in [0.25, 0.3) is 0 Å². The summed E-state index contributed by atoms with van der Waals surface area (Å²) in [6.07, 6.45) is 0.796. The lowest BCUT2D eigenvalue weighted by Crippen LogP contribution is -2.05. The molecule has 0 saturated carbocycles. The molecule has 2 N–H and O–H groups in total. The number of aromatic nitrogens is 2. The monoisotopic (exact) mass is 269 g/mol. The quantitative estimate of drug-likeness (QED) is 0.867. The fourth-order valence-electron chi connectivity index (χ4n) is 1.35. The number of thiazole rings is 1. The molecule has 0 saturated heterocycles. The highest BCUT2D eigenvalue weighted by Gasteiger charge is 2.05. The number of pyridine rings is 1. The van der Waals surface area contributed by atoms with Gasteiger partial charge in [0.25, 0.3) is 0 Å². The Balaban J connectivity index is 1.94. The van der Waals surface area contributed by atoms with E-state index in [2.05, 4.69) is 9.97 Å². The Bertz CT molecular complexity index is 515. The number of nitrogen functional groups attached to an aromatic ring is 1. The molecule has 2 aromatic rings. The highest BCUT2D eigenvalue weighted by atomic mass is 35.5. The van der Waals surface area contributed by atoms with Crippen LogP contribution in [0.3, 0.4) is 0 Å². The van der Waals surface area contributed by atoms with Crippen molar-refractivity contribution in [3.05, 3.63) is 33.4 Å². The van der Waals surface area contributed by atoms with Crippen molar-refractivity contribution in [1.82, 2.24) is 9.97 Å². The average molecular weight is 270 g/mol. The predicted molar refractivity (Wildman–Crippen MR) is 69.7 cm³/mol. The molecular formula is C11H12ClN3OS. The van der Waals surface area contributed by atoms with Crippen molar-refractivity contribution in [1.29, 1.82) is 0 Å². The van der Waals surface area contributed by atoms with Gasteiger partial charge in [0.15, 0.2) is 0 Å². The van der Waals surface area contributed by atoms with E-state index in [4.69, 9.17) is 22.1 Å². The molecule has 0 spiro atoms. The van der Waals surface area contributed by atoms with Gasteiger partial charge in [-0.2, -0.15) is 4.98 Å². The minimum Gasteiger partial charge on any atom is -0.476 e. The predicted octanol–water partition coefficient (Wildman–Crippen LogP) is 2.70. The van der Waals surface area contributed by atoms with Gasteiger partial charge in [-0.25, -0.2) is 4.98 Å². The largest absolute Gasteiger partial charge is 0.476 e. The number of nitrogens with zero attached hydrogens (tertiary/aromatic N) is 2. The standard InChI is InChI=1S/C11H12ClN3OS/c1-7-9(17-6-14-7)4-5-16-11-8(13)2-3-10(12)15-11/h2-3,6H,4-5,13H2,1H3. The van der Waals surface area contributed by atoms with Crippen molar-refractivity contribution in [3.63, 3.8) is 0 Å². The molecule has 0 atom stereocenters. The zero-order chi connectivity index (χ0) is 12.3. The van der Waals surface area contributed by atoms with Gasteiger partial charge in [-0.3, -0.25) is 0 Å². The molecule has 0 unspecified atom stereocenters. The summed E-state index contributed by atoms with van der Waals surface area (Å²) in [7, 11) is 0. The van der Waals surface area contributed by atoms with Gasteiger partial charge in [-0.05, 0) is 19.1 Å². The van der Waals surface area contributed by atoms with Gasteiger partial charge in [-0.1, -0.05) is 11.6 Å². The summed E-state index contributed by atoms with van der Waals surface area (Å²) in [5.74, 6) is 0.389. The van der Waals surface area contributed by atoms with Crippen LogP contribution in [0, 0.1) is 6.92 Å². The molecule has 2 aromatic heterocycles. The summed E-state index contributed by atoms with van der Waals surface area (Å²) in [6, 6.07) is 3.32. The van der Waals surface area contributed by atoms with Gasteiger partial charge in [0.05, 0.1) is 23.5 Å². The van der Waals surface area contributed by atoms with Crippen LogP contribution < -0.4 is 10.5 Å². The Labute approximate surface area is 108 Å². The molecule has 0 aliphatic heterocycles. The van der Waals surface area contributed by atoms with Crippen molar-refractivity contribution >= 4 is 28.6 Å². The second kappa shape index (κ2) is 5.33. The maximum absolute atomic E-state index is 5.77. The Hall–Kier alpha value is -1.33. The molecule has 0 amide bonds. The Kier molecular flexibility index (Phi) is 3.81. The van der Waals surface area contributed by atoms with Crippen LogP contribution in [0.1, 0.15) is 10.6 Å². The van der Waals surface area contributed by atoms with Gasteiger partial charge < -0.3 is 10.5 Å². The Morgan fingerprint density at radius 1 is 1.47 bits per heavy atom. The summed E-state index contributed by atoms with van der Waals surface area (Å²) < 4.78 is 5.50. The van der Waals surface area contributed by atoms with Crippen molar-refractivity contribution in [3.8, 4) is 5.88 Å². The first kappa shape index (κ1) is 12.1. The number of rotatable bonds is 4. The van der Waals surface area contributed by atoms with Gasteiger partial charge in [0, 0.05) is 11.3 Å². The molecule has 2 heterocycles. The topological polar surface area (TPSA) is 61.0 Å². The zero-order valence-electron chi connectivity index (χ0n) is 9.31. The van der Waals surface area contributed by atoms with Gasteiger partial charge in [-0.15, -0.1) is 11.3 Å². The SMILES string of the molecule is Cc1ncsc1CCOc1nc(Cl)ccc1N. The molecule has 17 heavy (non-hydrogen) atoms. The second-order valence-electron chi connectivity index (χ2n) is 3.49. The molecule has 0 aliphatic rings. The third kappa shape index (κ3) is 3.08. The van der Waals surface area contributed by atoms with Crippen LogP contribution in [-0.2, 0) is 6.42 Å². The Morgan fingerprint density at radius 3 is 3.00 bits per heavy atom. The van der Waals surface area contributed by atoms with Crippen molar-refractivity contribution in [2.75, 3.05) is 12.3 Å². The van der Waals surface area contributed by atoms with Crippen molar-refractivity contribution in [2.24, 2.45) is 0 Å². The highest BCUT2D eigenvalue weighted by molar-refractivity contribution is 7.09. The molecule has 0 radical (unpaired) electrons. The first-order chi connectivity index (χ1) is 8.16. The van der Waals surface area contributed by atoms with E-state index in [1.165, 1.54) is 4.88 Å². The number of nitrogens with two attached hydrogens (primary N) is 1. The molecule has 0 aromatic carbocycles. The van der Waals surface area contributed by atoms with E-state index in [0.29, 0.717) is 23.3 Å². The van der Waals surface area contributed by atoms with E-state index in [1.54, 1.807) is 23.5 Å². The number of anilines is 1. The van der Waals surface area contributed by atoms with Gasteiger partial charge >= 0.3 is 0 Å². The van der Waals surface area contributed by atoms with Crippen LogP contribution in [0.5, 0.6) is 5.88 Å². The zero-order valence-corrected chi connectivity index (χ0v) is 10.9. The lowest BCUT2D eigenvalue weighted by molar-refractivity contribution is 0.312. The third-order valence-corrected chi connectivity index (χ3v) is 3.47. The molecular weight excluding hydrogens is 258 g/mol. The van der Waals surface area contributed by atoms with Crippen molar-refractivity contribution < 1.29 is 4.74 Å². The highest BCUT2D eigenvalue weighted by Crippen LogP contribution is 2.21. The van der Waals surface area contributed by atoms with Gasteiger partial charge in [0.2, 0.25) is 5.88 Å². The maximum atomic E-state index is 5.77. The summed E-state index contributed by atoms with van der Waals surface area (Å²) in [5.41, 5.74) is 9.10. The summed E-state index contributed by atoms with van der Waals surface area (Å²) in [5, 5.41) is 0.378. The number of hydrogen-bond donors (Lipinski definition) is 1. The summed E-state index contributed by atoms with van der Waals surface area (Å²) in [6.45, 7) is 2.50. The first-order valence-corrected chi connectivity index (χ1v) is 6.36. The number of ether oxygens (including phenoxy) is 1. The van der Waals surface area contributed by atoms with E-state index in [1.807, 2.05) is 12.4 Å². The first-order valence-electron chi connectivity index (χ1n) is 5.10. The van der Waals surface area contributed by atoms with Crippen LogP contribution in [-0.4, -0.2) is 16.6 Å². The smallest absolute Gasteiger partial charge is 0.238 e. The second-order valence-corrected chi connectivity index (χ2v) is 4.81. The molecule has 0 bridgehead atoms. The molecule has 0 aliphatic carbocycles. The average Bonchev–Trinajstić information content (AvgIpc) is 2.70. The summed E-state index contributed by atoms with van der Waals surface area (Å²) >= 11 is 7.39. The summed E-state index contributed by atoms with van der Waals surface area (Å²) in [4.78, 5) is 9.41. The molecule has 6 heteroatoms. The normalized spacial score (nSPS) is 10.5. The van der Waals surface area contributed by atoms with E-state index in [9.17, 15) is 0 Å². The van der Waals surface area contributed by atoms with E-state index in [-0.39, 0.29) is 0 Å².